The van der Waals surface area contributed by atoms with Crippen molar-refractivity contribution in [3.63, 3.8) is 0 Å². The molecule has 1 N–H and O–H groups in total. The van der Waals surface area contributed by atoms with E-state index in [-0.39, 0.29) is 20.9 Å². The van der Waals surface area contributed by atoms with E-state index >= 15 is 0 Å². The molecular formula is C14H16N4O3S4. The highest BCUT2D eigenvalue weighted by molar-refractivity contribution is 8.01. The molecule has 134 valence electrons. The zero-order chi connectivity index (χ0) is 18.2. The number of thiazole rings is 1. The van der Waals surface area contributed by atoms with Gasteiger partial charge in [-0.1, -0.05) is 41.4 Å². The largest absolute Gasteiger partial charge is 0.308 e. The Morgan fingerprint density at radius 2 is 2.04 bits per heavy atom. The van der Waals surface area contributed by atoms with E-state index < -0.39 is 10.0 Å². The number of fused-ring (bicyclic) bond motifs is 1. The Hall–Kier alpha value is -1.43. The van der Waals surface area contributed by atoms with Crippen molar-refractivity contribution in [3.8, 4) is 0 Å². The molecule has 2 heterocycles. The standard InChI is InChI=1S/C14H16N4O3S4/c1-4-22-13-16-15-12(24-13)17-25(20,21)9-5-6-10-11(7-9)23-14(19)18(10)8(2)3/h5-8H,4H2,1-3H3,(H,15,17). The summed E-state index contributed by atoms with van der Waals surface area (Å²) in [5, 5.41) is 8.01. The Labute approximate surface area is 157 Å². The fourth-order valence-electron chi connectivity index (χ4n) is 2.28. The lowest BCUT2D eigenvalue weighted by atomic mass is 10.3. The second kappa shape index (κ2) is 7.06. The number of nitrogens with one attached hydrogen (secondary N) is 1. The number of sulfonamides is 1. The third-order valence-electron chi connectivity index (χ3n) is 3.31. The monoisotopic (exact) mass is 416 g/mol. The zero-order valence-electron chi connectivity index (χ0n) is 13.7. The van der Waals surface area contributed by atoms with Crippen molar-refractivity contribution in [2.24, 2.45) is 0 Å². The number of rotatable bonds is 6. The van der Waals surface area contributed by atoms with Crippen LogP contribution in [0, 0.1) is 0 Å². The van der Waals surface area contributed by atoms with Crippen LogP contribution in [0.5, 0.6) is 0 Å². The number of benzene rings is 1. The molecule has 7 nitrogen and oxygen atoms in total. The molecule has 3 aromatic rings. The summed E-state index contributed by atoms with van der Waals surface area (Å²) in [4.78, 5) is 12.1. The van der Waals surface area contributed by atoms with Gasteiger partial charge in [0.05, 0.1) is 15.1 Å². The van der Waals surface area contributed by atoms with Crippen molar-refractivity contribution < 1.29 is 8.42 Å². The first-order chi connectivity index (χ1) is 11.8. The van der Waals surface area contributed by atoms with Gasteiger partial charge in [0.1, 0.15) is 0 Å². The molecule has 11 heteroatoms. The van der Waals surface area contributed by atoms with E-state index in [1.165, 1.54) is 35.2 Å². The van der Waals surface area contributed by atoms with Crippen LogP contribution in [0.1, 0.15) is 26.8 Å². The Morgan fingerprint density at radius 1 is 1.28 bits per heavy atom. The van der Waals surface area contributed by atoms with Crippen molar-refractivity contribution in [1.29, 1.82) is 0 Å². The second-order valence-corrected chi connectivity index (χ2v) is 10.5. The van der Waals surface area contributed by atoms with Crippen LogP contribution in [0.15, 0.2) is 32.2 Å². The maximum Gasteiger partial charge on any atom is 0.308 e. The smallest absolute Gasteiger partial charge is 0.296 e. The van der Waals surface area contributed by atoms with Crippen LogP contribution in [0.25, 0.3) is 10.2 Å². The van der Waals surface area contributed by atoms with E-state index in [0.717, 1.165) is 22.6 Å². The van der Waals surface area contributed by atoms with Gasteiger partial charge in [0.15, 0.2) is 4.34 Å². The Kier molecular flexibility index (Phi) is 5.19. The number of hydrogen-bond acceptors (Lipinski definition) is 8. The number of anilines is 1. The van der Waals surface area contributed by atoms with Gasteiger partial charge in [0.2, 0.25) is 5.13 Å². The molecule has 0 fully saturated rings. The average molecular weight is 417 g/mol. The first-order valence-electron chi connectivity index (χ1n) is 7.46. The minimum absolute atomic E-state index is 0.0118. The summed E-state index contributed by atoms with van der Waals surface area (Å²) >= 11 is 3.73. The quantitative estimate of drug-likeness (QED) is 0.619. The lowest BCUT2D eigenvalue weighted by Crippen LogP contribution is -2.15. The molecule has 25 heavy (non-hydrogen) atoms. The number of aromatic nitrogens is 3. The molecule has 2 aromatic heterocycles. The highest BCUT2D eigenvalue weighted by Gasteiger charge is 2.19. The Morgan fingerprint density at radius 3 is 2.72 bits per heavy atom. The summed E-state index contributed by atoms with van der Waals surface area (Å²) in [6.07, 6.45) is 0. The summed E-state index contributed by atoms with van der Waals surface area (Å²) in [6.45, 7) is 5.82. The van der Waals surface area contributed by atoms with Crippen LogP contribution in [0.3, 0.4) is 0 Å². The van der Waals surface area contributed by atoms with Crippen LogP contribution < -0.4 is 9.60 Å². The van der Waals surface area contributed by atoms with Gasteiger partial charge in [0.25, 0.3) is 10.0 Å². The maximum atomic E-state index is 12.6. The first-order valence-corrected chi connectivity index (χ1v) is 11.6. The van der Waals surface area contributed by atoms with E-state index in [1.54, 1.807) is 10.6 Å². The predicted octanol–water partition coefficient (Wildman–Crippen LogP) is 3.41. The molecular weight excluding hydrogens is 400 g/mol. The molecule has 3 rings (SSSR count). The fraction of sp³-hybridized carbons (Fsp3) is 0.357. The summed E-state index contributed by atoms with van der Waals surface area (Å²) in [5.74, 6) is 0.837. The van der Waals surface area contributed by atoms with Gasteiger partial charge in [-0.2, -0.15) is 0 Å². The van der Waals surface area contributed by atoms with Crippen LogP contribution in [-0.4, -0.2) is 28.9 Å². The topological polar surface area (TPSA) is 94.0 Å². The third kappa shape index (κ3) is 3.73. The molecule has 0 aliphatic carbocycles. The highest BCUT2D eigenvalue weighted by atomic mass is 32.2. The van der Waals surface area contributed by atoms with E-state index in [2.05, 4.69) is 14.9 Å². The average Bonchev–Trinajstić information content (AvgIpc) is 3.09. The van der Waals surface area contributed by atoms with Gasteiger partial charge >= 0.3 is 4.87 Å². The summed E-state index contributed by atoms with van der Waals surface area (Å²) in [5.41, 5.74) is 0.737. The normalized spacial score (nSPS) is 12.2. The number of nitrogens with zero attached hydrogens (tertiary/aromatic N) is 3. The molecule has 0 atom stereocenters. The van der Waals surface area contributed by atoms with Crippen LogP contribution in [0.2, 0.25) is 0 Å². The van der Waals surface area contributed by atoms with Crippen molar-refractivity contribution in [2.75, 3.05) is 10.5 Å². The third-order valence-corrected chi connectivity index (χ3v) is 7.55. The van der Waals surface area contributed by atoms with Gasteiger partial charge in [-0.25, -0.2) is 8.42 Å². The van der Waals surface area contributed by atoms with E-state index in [1.807, 2.05) is 20.8 Å². The molecule has 0 unspecified atom stereocenters. The zero-order valence-corrected chi connectivity index (χ0v) is 17.0. The van der Waals surface area contributed by atoms with E-state index in [0.29, 0.717) is 9.04 Å². The summed E-state index contributed by atoms with van der Waals surface area (Å²) in [7, 11) is -3.79. The number of thioether (sulfide) groups is 1. The SMILES string of the molecule is CCSc1nnc(NS(=O)(=O)c2ccc3c(c2)sc(=O)n3C(C)C)s1. The van der Waals surface area contributed by atoms with Gasteiger partial charge in [-0.15, -0.1) is 10.2 Å². The van der Waals surface area contributed by atoms with Gasteiger partial charge in [-0.05, 0) is 37.8 Å². The fourth-order valence-corrected chi connectivity index (χ4v) is 6.31. The van der Waals surface area contributed by atoms with Crippen LogP contribution >= 0.6 is 34.4 Å². The molecule has 0 saturated heterocycles. The number of hydrogen-bond donors (Lipinski definition) is 1. The molecule has 1 aromatic carbocycles. The van der Waals surface area contributed by atoms with E-state index in [9.17, 15) is 13.2 Å². The van der Waals surface area contributed by atoms with E-state index in [4.69, 9.17) is 0 Å². The predicted molar refractivity (Wildman–Crippen MR) is 104 cm³/mol. The van der Waals surface area contributed by atoms with Crippen LogP contribution in [0.4, 0.5) is 5.13 Å². The van der Waals surface area contributed by atoms with Crippen molar-refractivity contribution in [2.45, 2.75) is 36.0 Å². The Bertz CT molecular complexity index is 1070. The molecule has 0 aliphatic heterocycles. The van der Waals surface area contributed by atoms with Gasteiger partial charge in [0, 0.05) is 6.04 Å². The minimum atomic E-state index is -3.79. The molecule has 0 radical (unpaired) electrons. The highest BCUT2D eigenvalue weighted by Crippen LogP contribution is 2.28. The lowest BCUT2D eigenvalue weighted by molar-refractivity contribution is 0.601. The minimum Gasteiger partial charge on any atom is -0.296 e. The van der Waals surface area contributed by atoms with Gasteiger partial charge in [-0.3, -0.25) is 14.1 Å². The van der Waals surface area contributed by atoms with Crippen LogP contribution in [-0.2, 0) is 10.0 Å². The molecule has 0 aliphatic rings. The molecule has 0 amide bonds. The van der Waals surface area contributed by atoms with Crippen molar-refractivity contribution >= 4 is 59.8 Å². The second-order valence-electron chi connectivity index (χ2n) is 5.37. The molecule has 0 spiro atoms. The van der Waals surface area contributed by atoms with Gasteiger partial charge < -0.3 is 0 Å². The van der Waals surface area contributed by atoms with Crippen molar-refractivity contribution in [1.82, 2.24) is 14.8 Å². The molecule has 0 bridgehead atoms. The first kappa shape index (κ1) is 18.4. The van der Waals surface area contributed by atoms with Crippen molar-refractivity contribution in [3.05, 3.63) is 27.9 Å². The summed E-state index contributed by atoms with van der Waals surface area (Å²) < 4.78 is 30.6. The maximum absolute atomic E-state index is 12.6. The lowest BCUT2D eigenvalue weighted by Gasteiger charge is -2.08. The summed E-state index contributed by atoms with van der Waals surface area (Å²) in [6, 6.07) is 4.70. The molecule has 0 saturated carbocycles. The Balaban J connectivity index is 1.95.